The van der Waals surface area contributed by atoms with E-state index in [0.29, 0.717) is 12.0 Å². The normalized spacial score (nSPS) is 25.6. The number of carbonyl (C=O) groups excluding carboxylic acids is 1. The van der Waals surface area contributed by atoms with Crippen molar-refractivity contribution in [3.05, 3.63) is 29.3 Å². The van der Waals surface area contributed by atoms with Gasteiger partial charge in [-0.1, -0.05) is 32.9 Å². The highest BCUT2D eigenvalue weighted by atomic mass is 31.2. The Kier molecular flexibility index (Phi) is 3.80. The largest absolute Gasteiger partial charge is 0.524 e. The van der Waals surface area contributed by atoms with Gasteiger partial charge in [0.2, 0.25) is 0 Å². The first-order valence-electron chi connectivity index (χ1n) is 6.67. The van der Waals surface area contributed by atoms with Gasteiger partial charge >= 0.3 is 7.82 Å². The van der Waals surface area contributed by atoms with Crippen molar-refractivity contribution < 1.29 is 23.7 Å². The Hall–Kier alpha value is -1.16. The predicted molar refractivity (Wildman–Crippen MR) is 74.9 cm³/mol. The number of benzene rings is 1. The Bertz CT molecular complexity index is 591. The second kappa shape index (κ2) is 4.99. The highest BCUT2D eigenvalue weighted by Gasteiger charge is 2.49. The van der Waals surface area contributed by atoms with Crippen LogP contribution in [0.2, 0.25) is 0 Å². The summed E-state index contributed by atoms with van der Waals surface area (Å²) in [5.74, 6) is -0.0577. The molecule has 1 aromatic carbocycles. The first-order chi connectivity index (χ1) is 9.24. The first kappa shape index (κ1) is 15.2. The average Bonchev–Trinajstić information content (AvgIpc) is 2.58. The maximum Gasteiger partial charge on any atom is 0.524 e. The number of fused-ring (bicyclic) bond motifs is 1. The molecular formula is C14H19O5P. The second-order valence-corrected chi connectivity index (χ2v) is 6.53. The van der Waals surface area contributed by atoms with Crippen molar-refractivity contribution in [1.29, 1.82) is 0 Å². The molecule has 0 radical (unpaired) electrons. The van der Waals surface area contributed by atoms with E-state index >= 15 is 0 Å². The highest BCUT2D eigenvalue weighted by molar-refractivity contribution is 7.46. The third-order valence-corrected chi connectivity index (χ3v) is 4.74. The van der Waals surface area contributed by atoms with Crippen LogP contribution < -0.4 is 4.52 Å². The number of hydrogen-bond donors (Lipinski definition) is 2. The summed E-state index contributed by atoms with van der Waals surface area (Å²) < 4.78 is 15.7. The summed E-state index contributed by atoms with van der Waals surface area (Å²) in [6, 6.07) is 4.94. The summed E-state index contributed by atoms with van der Waals surface area (Å²) >= 11 is 0. The third-order valence-electron chi connectivity index (χ3n) is 4.31. The molecule has 1 aliphatic rings. The lowest BCUT2D eigenvalue weighted by Gasteiger charge is -2.28. The summed E-state index contributed by atoms with van der Waals surface area (Å²) in [7, 11) is -4.68. The minimum Gasteiger partial charge on any atom is -0.403 e. The summed E-state index contributed by atoms with van der Waals surface area (Å²) in [6.07, 6.45) is 1.47. The van der Waals surface area contributed by atoms with Crippen molar-refractivity contribution in [2.24, 2.45) is 5.41 Å². The van der Waals surface area contributed by atoms with Gasteiger partial charge in [-0.15, -0.1) is 0 Å². The van der Waals surface area contributed by atoms with E-state index in [1.807, 2.05) is 26.8 Å². The van der Waals surface area contributed by atoms with Gasteiger partial charge in [0.15, 0.2) is 5.78 Å². The minimum atomic E-state index is -4.68. The summed E-state index contributed by atoms with van der Waals surface area (Å²) in [5.41, 5.74) is 0.616. The molecule has 2 unspecified atom stereocenters. The molecule has 20 heavy (non-hydrogen) atoms. The lowest BCUT2D eigenvalue weighted by atomic mass is 9.74. The van der Waals surface area contributed by atoms with Gasteiger partial charge < -0.3 is 4.52 Å². The van der Waals surface area contributed by atoms with Crippen LogP contribution in [0.5, 0.6) is 5.75 Å². The first-order valence-corrected chi connectivity index (χ1v) is 8.20. The van der Waals surface area contributed by atoms with E-state index in [1.54, 1.807) is 6.07 Å². The van der Waals surface area contributed by atoms with Crippen molar-refractivity contribution in [3.8, 4) is 5.75 Å². The molecule has 110 valence electrons. The lowest BCUT2D eigenvalue weighted by Crippen LogP contribution is -2.27. The van der Waals surface area contributed by atoms with Gasteiger partial charge in [0, 0.05) is 5.41 Å². The Morgan fingerprint density at radius 2 is 2.00 bits per heavy atom. The smallest absolute Gasteiger partial charge is 0.403 e. The molecule has 6 heteroatoms. The van der Waals surface area contributed by atoms with Crippen LogP contribution >= 0.6 is 7.82 Å². The number of carbonyl (C=O) groups is 1. The van der Waals surface area contributed by atoms with Crippen LogP contribution in [-0.4, -0.2) is 15.6 Å². The molecule has 2 rings (SSSR count). The Labute approximate surface area is 118 Å². The third kappa shape index (κ3) is 2.30. The molecule has 0 fully saturated rings. The van der Waals surface area contributed by atoms with Gasteiger partial charge in [-0.25, -0.2) is 4.57 Å². The van der Waals surface area contributed by atoms with Crippen LogP contribution in [0.3, 0.4) is 0 Å². The fourth-order valence-corrected chi connectivity index (χ4v) is 3.56. The quantitative estimate of drug-likeness (QED) is 0.833. The molecule has 0 amide bonds. The number of Topliss-reactive ketones (excluding diaryl/α,β-unsaturated/α-hetero) is 1. The van der Waals surface area contributed by atoms with Crippen LogP contribution in [0.15, 0.2) is 18.2 Å². The molecule has 0 bridgehead atoms. The zero-order valence-corrected chi connectivity index (χ0v) is 12.7. The van der Waals surface area contributed by atoms with Crippen LogP contribution in [0.1, 0.15) is 55.5 Å². The van der Waals surface area contributed by atoms with E-state index in [2.05, 4.69) is 0 Å². The van der Waals surface area contributed by atoms with E-state index in [4.69, 9.17) is 14.3 Å². The van der Waals surface area contributed by atoms with Crippen molar-refractivity contribution in [1.82, 2.24) is 0 Å². The maximum absolute atomic E-state index is 12.7. The van der Waals surface area contributed by atoms with Gasteiger partial charge in [0.25, 0.3) is 0 Å². The SMILES string of the molecule is CCC1c2cccc(OP(=O)(O)O)c2C(=O)C1(C)CC. The number of ketones is 1. The zero-order valence-electron chi connectivity index (χ0n) is 11.8. The molecule has 1 aromatic rings. The van der Waals surface area contributed by atoms with Crippen LogP contribution in [0, 0.1) is 5.41 Å². The van der Waals surface area contributed by atoms with Crippen LogP contribution in [0.4, 0.5) is 0 Å². The van der Waals surface area contributed by atoms with E-state index in [1.165, 1.54) is 6.07 Å². The summed E-state index contributed by atoms with van der Waals surface area (Å²) in [4.78, 5) is 30.6. The molecular weight excluding hydrogens is 279 g/mol. The predicted octanol–water partition coefficient (Wildman–Crippen LogP) is 3.26. The van der Waals surface area contributed by atoms with Gasteiger partial charge in [-0.2, -0.15) is 0 Å². The van der Waals surface area contributed by atoms with Gasteiger partial charge in [-0.05, 0) is 30.4 Å². The average molecular weight is 298 g/mol. The molecule has 0 spiro atoms. The maximum atomic E-state index is 12.7. The molecule has 0 saturated carbocycles. The topological polar surface area (TPSA) is 83.8 Å². The minimum absolute atomic E-state index is 0.0172. The molecule has 2 atom stereocenters. The number of phosphoric acid groups is 1. The second-order valence-electron chi connectivity index (χ2n) is 5.36. The molecule has 5 nitrogen and oxygen atoms in total. The molecule has 0 heterocycles. The fourth-order valence-electron chi connectivity index (χ4n) is 3.15. The van der Waals surface area contributed by atoms with E-state index < -0.39 is 13.2 Å². The summed E-state index contributed by atoms with van der Waals surface area (Å²) in [6.45, 7) is 5.87. The van der Waals surface area contributed by atoms with Crippen molar-refractivity contribution in [2.45, 2.75) is 39.5 Å². The zero-order chi connectivity index (χ0) is 15.1. The summed E-state index contributed by atoms with van der Waals surface area (Å²) in [5, 5.41) is 0. The van der Waals surface area contributed by atoms with Crippen LogP contribution in [0.25, 0.3) is 0 Å². The molecule has 1 aliphatic carbocycles. The van der Waals surface area contributed by atoms with Gasteiger partial charge in [0.05, 0.1) is 5.56 Å². The number of hydrogen-bond acceptors (Lipinski definition) is 3. The standard InChI is InChI=1S/C14H19O5P/c1-4-10-9-7-6-8-11(19-20(16,17)18)12(9)13(15)14(10,3)5-2/h6-8,10H,4-5H2,1-3H3,(H2,16,17,18). The van der Waals surface area contributed by atoms with Crippen molar-refractivity contribution >= 4 is 13.6 Å². The molecule has 0 aromatic heterocycles. The number of phosphoric ester groups is 1. The molecule has 0 saturated heterocycles. The molecule has 2 N–H and O–H groups in total. The Balaban J connectivity index is 2.60. The monoisotopic (exact) mass is 298 g/mol. The van der Waals surface area contributed by atoms with Crippen molar-refractivity contribution in [3.63, 3.8) is 0 Å². The Morgan fingerprint density at radius 1 is 1.35 bits per heavy atom. The Morgan fingerprint density at radius 3 is 2.50 bits per heavy atom. The molecule has 0 aliphatic heterocycles. The van der Waals surface area contributed by atoms with E-state index in [9.17, 15) is 9.36 Å². The van der Waals surface area contributed by atoms with E-state index in [-0.39, 0.29) is 17.5 Å². The number of rotatable bonds is 4. The van der Waals surface area contributed by atoms with Gasteiger partial charge in [0.1, 0.15) is 5.75 Å². The van der Waals surface area contributed by atoms with Crippen molar-refractivity contribution in [2.75, 3.05) is 0 Å². The lowest BCUT2D eigenvalue weighted by molar-refractivity contribution is 0.0797. The fraction of sp³-hybridized carbons (Fsp3) is 0.500. The van der Waals surface area contributed by atoms with Gasteiger partial charge in [-0.3, -0.25) is 14.6 Å². The van der Waals surface area contributed by atoms with Crippen LogP contribution in [-0.2, 0) is 4.57 Å². The van der Waals surface area contributed by atoms with E-state index in [0.717, 1.165) is 12.0 Å². The highest BCUT2D eigenvalue weighted by Crippen LogP contribution is 2.54.